The van der Waals surface area contributed by atoms with Crippen LogP contribution in [0.3, 0.4) is 0 Å². The number of carbonyl (C=O) groups is 1. The van der Waals surface area contributed by atoms with E-state index in [0.29, 0.717) is 28.4 Å². The maximum Gasteiger partial charge on any atom is 0.262 e. The van der Waals surface area contributed by atoms with Gasteiger partial charge >= 0.3 is 0 Å². The van der Waals surface area contributed by atoms with Crippen molar-refractivity contribution in [2.75, 3.05) is 10.0 Å². The van der Waals surface area contributed by atoms with Crippen LogP contribution in [-0.4, -0.2) is 14.3 Å². The fraction of sp³-hybridized carbons (Fsp3) is 0.0741. The molecule has 0 unspecified atom stereocenters. The second kappa shape index (κ2) is 9.80. The first-order chi connectivity index (χ1) is 16.3. The monoisotopic (exact) mass is 472 g/mol. The standard InChI is InChI=1S/C27H24N2O4S/c1-19-8-12-23(13-9-19)29-34(31,32)26-18-21(11-10-20(26)2)27(30)28-22-14-16-25(17-15-22)33-24-6-4-3-5-7-24/h3-18,29H,1-2H3,(H,28,30). The number of hydrogen-bond acceptors (Lipinski definition) is 4. The molecular weight excluding hydrogens is 448 g/mol. The maximum atomic E-state index is 13.0. The summed E-state index contributed by atoms with van der Waals surface area (Å²) in [6.07, 6.45) is 0. The molecule has 172 valence electrons. The smallest absolute Gasteiger partial charge is 0.262 e. The van der Waals surface area contributed by atoms with Crippen molar-refractivity contribution in [3.63, 3.8) is 0 Å². The molecule has 0 aliphatic heterocycles. The highest BCUT2D eigenvalue weighted by molar-refractivity contribution is 7.92. The van der Waals surface area contributed by atoms with Gasteiger partial charge in [0.05, 0.1) is 4.90 Å². The molecule has 0 aliphatic carbocycles. The van der Waals surface area contributed by atoms with E-state index in [-0.39, 0.29) is 10.5 Å². The van der Waals surface area contributed by atoms with Crippen LogP contribution in [-0.2, 0) is 10.0 Å². The lowest BCUT2D eigenvalue weighted by Crippen LogP contribution is -2.17. The Morgan fingerprint density at radius 1 is 0.735 bits per heavy atom. The summed E-state index contributed by atoms with van der Waals surface area (Å²) in [4.78, 5) is 12.9. The number of rotatable bonds is 7. The maximum absolute atomic E-state index is 13.0. The number of carbonyl (C=O) groups excluding carboxylic acids is 1. The molecule has 0 saturated heterocycles. The Hall–Kier alpha value is -4.10. The molecule has 6 nitrogen and oxygen atoms in total. The summed E-state index contributed by atoms with van der Waals surface area (Å²) in [5.74, 6) is 0.936. The first-order valence-electron chi connectivity index (χ1n) is 10.6. The number of hydrogen-bond donors (Lipinski definition) is 2. The van der Waals surface area contributed by atoms with Crippen LogP contribution in [0, 0.1) is 13.8 Å². The Kier molecular flexibility index (Phi) is 6.65. The fourth-order valence-corrected chi connectivity index (χ4v) is 4.63. The molecule has 0 radical (unpaired) electrons. The molecule has 0 atom stereocenters. The van der Waals surface area contributed by atoms with Crippen molar-refractivity contribution in [1.82, 2.24) is 0 Å². The summed E-state index contributed by atoms with van der Waals surface area (Å²) in [6.45, 7) is 3.62. The fourth-order valence-electron chi connectivity index (χ4n) is 3.30. The van der Waals surface area contributed by atoms with Gasteiger partial charge in [0.15, 0.2) is 0 Å². The molecule has 0 heterocycles. The van der Waals surface area contributed by atoms with Crippen LogP contribution in [0.5, 0.6) is 11.5 Å². The van der Waals surface area contributed by atoms with Crippen molar-refractivity contribution in [3.8, 4) is 11.5 Å². The summed E-state index contributed by atoms with van der Waals surface area (Å²) < 4.78 is 34.3. The largest absolute Gasteiger partial charge is 0.457 e. The molecular formula is C27H24N2O4S. The molecule has 34 heavy (non-hydrogen) atoms. The van der Waals surface area contributed by atoms with Crippen LogP contribution in [0.25, 0.3) is 0 Å². The lowest BCUT2D eigenvalue weighted by atomic mass is 10.1. The lowest BCUT2D eigenvalue weighted by Gasteiger charge is -2.13. The van der Waals surface area contributed by atoms with Gasteiger partial charge in [-0.1, -0.05) is 42.0 Å². The minimum atomic E-state index is -3.87. The van der Waals surface area contributed by atoms with Crippen LogP contribution in [0.1, 0.15) is 21.5 Å². The molecule has 0 aliphatic rings. The molecule has 1 amide bonds. The number of sulfonamides is 1. The Morgan fingerprint density at radius 3 is 2.03 bits per heavy atom. The number of benzene rings is 4. The van der Waals surface area contributed by atoms with Crippen molar-refractivity contribution in [1.29, 1.82) is 0 Å². The van der Waals surface area contributed by atoms with E-state index in [1.54, 1.807) is 55.5 Å². The summed E-state index contributed by atoms with van der Waals surface area (Å²) in [6, 6.07) is 28.0. The van der Waals surface area contributed by atoms with E-state index in [1.165, 1.54) is 6.07 Å². The highest BCUT2D eigenvalue weighted by atomic mass is 32.2. The van der Waals surface area contributed by atoms with E-state index in [2.05, 4.69) is 10.0 Å². The first-order valence-corrected chi connectivity index (χ1v) is 12.1. The summed E-state index contributed by atoms with van der Waals surface area (Å²) >= 11 is 0. The van der Waals surface area contributed by atoms with Crippen LogP contribution >= 0.6 is 0 Å². The zero-order chi connectivity index (χ0) is 24.1. The van der Waals surface area contributed by atoms with Crippen LogP contribution in [0.2, 0.25) is 0 Å². The minimum Gasteiger partial charge on any atom is -0.457 e. The number of ether oxygens (including phenoxy) is 1. The Labute approximate surface area is 199 Å². The topological polar surface area (TPSA) is 84.5 Å². The third-order valence-electron chi connectivity index (χ3n) is 5.13. The van der Waals surface area contributed by atoms with E-state index in [9.17, 15) is 13.2 Å². The number of para-hydroxylation sites is 1. The second-order valence-corrected chi connectivity index (χ2v) is 9.50. The number of aryl methyl sites for hydroxylation is 2. The normalized spacial score (nSPS) is 11.0. The zero-order valence-corrected chi connectivity index (χ0v) is 19.6. The molecule has 4 rings (SSSR count). The van der Waals surface area contributed by atoms with Gasteiger partial charge in [0.2, 0.25) is 0 Å². The predicted molar refractivity (Wildman–Crippen MR) is 134 cm³/mol. The lowest BCUT2D eigenvalue weighted by molar-refractivity contribution is 0.102. The van der Waals surface area contributed by atoms with Gasteiger partial charge < -0.3 is 10.1 Å². The summed E-state index contributed by atoms with van der Waals surface area (Å²) in [5.41, 5.74) is 2.82. The number of amides is 1. The highest BCUT2D eigenvalue weighted by Gasteiger charge is 2.19. The molecule has 0 saturated carbocycles. The molecule has 7 heteroatoms. The third kappa shape index (κ3) is 5.63. The van der Waals surface area contributed by atoms with Crippen molar-refractivity contribution < 1.29 is 17.9 Å². The average Bonchev–Trinajstić information content (AvgIpc) is 2.82. The van der Waals surface area contributed by atoms with Crippen molar-refractivity contribution in [3.05, 3.63) is 114 Å². The SMILES string of the molecule is Cc1ccc(NS(=O)(=O)c2cc(C(=O)Nc3ccc(Oc4ccccc4)cc3)ccc2C)cc1. The molecule has 0 spiro atoms. The van der Waals surface area contributed by atoms with E-state index >= 15 is 0 Å². The van der Waals surface area contributed by atoms with E-state index in [4.69, 9.17) is 4.74 Å². The third-order valence-corrected chi connectivity index (χ3v) is 6.66. The van der Waals surface area contributed by atoms with Gasteiger partial charge in [-0.15, -0.1) is 0 Å². The molecule has 4 aromatic carbocycles. The van der Waals surface area contributed by atoms with Gasteiger partial charge in [-0.25, -0.2) is 8.42 Å². The van der Waals surface area contributed by atoms with Gasteiger partial charge in [-0.2, -0.15) is 0 Å². The van der Waals surface area contributed by atoms with Crippen molar-refractivity contribution in [2.45, 2.75) is 18.7 Å². The van der Waals surface area contributed by atoms with E-state index < -0.39 is 15.9 Å². The van der Waals surface area contributed by atoms with Crippen molar-refractivity contribution >= 4 is 27.3 Å². The second-order valence-electron chi connectivity index (χ2n) is 7.85. The zero-order valence-electron chi connectivity index (χ0n) is 18.8. The number of anilines is 2. The van der Waals surface area contributed by atoms with Gasteiger partial charge in [0, 0.05) is 16.9 Å². The Bertz CT molecular complexity index is 1400. The van der Waals surface area contributed by atoms with Gasteiger partial charge in [0.1, 0.15) is 11.5 Å². The Balaban J connectivity index is 1.48. The van der Waals surface area contributed by atoms with Gasteiger partial charge in [0.25, 0.3) is 15.9 Å². The van der Waals surface area contributed by atoms with Gasteiger partial charge in [-0.05, 0) is 80.1 Å². The molecule has 2 N–H and O–H groups in total. The van der Waals surface area contributed by atoms with Crippen LogP contribution < -0.4 is 14.8 Å². The van der Waals surface area contributed by atoms with Crippen molar-refractivity contribution in [2.24, 2.45) is 0 Å². The molecule has 4 aromatic rings. The van der Waals surface area contributed by atoms with E-state index in [0.717, 1.165) is 5.56 Å². The molecule has 0 fully saturated rings. The quantitative estimate of drug-likeness (QED) is 0.338. The van der Waals surface area contributed by atoms with Crippen LogP contribution in [0.15, 0.2) is 102 Å². The number of nitrogens with one attached hydrogen (secondary N) is 2. The summed E-state index contributed by atoms with van der Waals surface area (Å²) in [7, 11) is -3.87. The first kappa shape index (κ1) is 23.1. The Morgan fingerprint density at radius 2 is 1.35 bits per heavy atom. The van der Waals surface area contributed by atoms with Gasteiger partial charge in [-0.3, -0.25) is 9.52 Å². The van der Waals surface area contributed by atoms with Crippen LogP contribution in [0.4, 0.5) is 11.4 Å². The minimum absolute atomic E-state index is 0.0485. The molecule has 0 bridgehead atoms. The summed E-state index contributed by atoms with van der Waals surface area (Å²) in [5, 5.41) is 2.79. The van der Waals surface area contributed by atoms with E-state index in [1.807, 2.05) is 49.4 Å². The molecule has 0 aromatic heterocycles. The highest BCUT2D eigenvalue weighted by Crippen LogP contribution is 2.24. The predicted octanol–water partition coefficient (Wildman–Crippen LogP) is 6.15. The average molecular weight is 473 g/mol.